The van der Waals surface area contributed by atoms with Crippen molar-refractivity contribution in [3.8, 4) is 0 Å². The molecule has 0 radical (unpaired) electrons. The lowest BCUT2D eigenvalue weighted by Crippen LogP contribution is -2.43. The lowest BCUT2D eigenvalue weighted by molar-refractivity contribution is 0.123. The number of halogens is 1. The second-order valence-corrected chi connectivity index (χ2v) is 12.4. The summed E-state index contributed by atoms with van der Waals surface area (Å²) in [5.41, 5.74) is 0. The van der Waals surface area contributed by atoms with Crippen molar-refractivity contribution in [3.63, 3.8) is 0 Å². The van der Waals surface area contributed by atoms with E-state index in [9.17, 15) is 0 Å². The van der Waals surface area contributed by atoms with Gasteiger partial charge >= 0.3 is 8.80 Å². The monoisotopic (exact) mass is 493 g/mol. The van der Waals surface area contributed by atoms with Gasteiger partial charge in [-0.05, 0) is 57.5 Å². The molecule has 0 aliphatic heterocycles. The predicted octanol–water partition coefficient (Wildman–Crippen LogP) is 7.94. The highest BCUT2D eigenvalue weighted by atomic mass is 35.5. The molecule has 0 saturated carbocycles. The summed E-state index contributed by atoms with van der Waals surface area (Å²) in [7, 11) is 2.66. The highest BCUT2D eigenvalue weighted by Crippen LogP contribution is 2.14. The average molecular weight is 494 g/mol. The zero-order chi connectivity index (χ0) is 23.0. The minimum atomic E-state index is -2.38. The van der Waals surface area contributed by atoms with Crippen molar-refractivity contribution in [2.75, 3.05) is 34.4 Å². The summed E-state index contributed by atoms with van der Waals surface area (Å²) in [6.07, 6.45) is 25.0. The van der Waals surface area contributed by atoms with Gasteiger partial charge in [-0.3, -0.25) is 0 Å². The van der Waals surface area contributed by atoms with Crippen molar-refractivity contribution in [2.45, 2.75) is 116 Å². The number of allylic oxidation sites excluding steroid dienone is 2. The molecule has 0 fully saturated rings. The van der Waals surface area contributed by atoms with Crippen LogP contribution in [0, 0.1) is 5.92 Å². The van der Waals surface area contributed by atoms with Crippen molar-refractivity contribution < 1.29 is 13.3 Å². The maximum Gasteiger partial charge on any atom is 0.500 e. The standard InChI is InChI=1S/C26H55NO3Si.ClH/c1-26(2)22-19-17-15-13-11-9-7-6-8-10-12-14-16-18-20-23-27-24-21-25-31(28-3,29-4)30-5;/h6-7,26-27H,8-25H2,1-5H3;1H. The van der Waals surface area contributed by atoms with Gasteiger partial charge in [-0.15, -0.1) is 12.4 Å². The van der Waals surface area contributed by atoms with Gasteiger partial charge in [-0.1, -0.05) is 83.8 Å². The Morgan fingerprint density at radius 3 is 1.56 bits per heavy atom. The number of nitrogens with one attached hydrogen (secondary N) is 1. The van der Waals surface area contributed by atoms with Crippen LogP contribution >= 0.6 is 12.4 Å². The molecule has 0 rings (SSSR count). The SMILES string of the molecule is CO[Si](CCCNCCCCCCCCC=CCCCCCCCC(C)C)(OC)OC.Cl. The normalized spacial score (nSPS) is 12.1. The summed E-state index contributed by atoms with van der Waals surface area (Å²) in [6.45, 7) is 6.77. The molecule has 0 atom stereocenters. The number of rotatable bonds is 24. The second-order valence-electron chi connectivity index (χ2n) is 9.27. The Hall–Kier alpha value is 0.0869. The fourth-order valence-electron chi connectivity index (χ4n) is 3.91. The molecule has 0 spiro atoms. The molecular weight excluding hydrogens is 438 g/mol. The Morgan fingerprint density at radius 2 is 1.06 bits per heavy atom. The molecule has 0 heterocycles. The summed E-state index contributed by atoms with van der Waals surface area (Å²) in [6, 6.07) is 0.871. The maximum absolute atomic E-state index is 5.45. The molecule has 0 bridgehead atoms. The van der Waals surface area contributed by atoms with Crippen molar-refractivity contribution >= 4 is 21.2 Å². The summed E-state index contributed by atoms with van der Waals surface area (Å²) in [5, 5.41) is 3.53. The zero-order valence-corrected chi connectivity index (χ0v) is 23.9. The topological polar surface area (TPSA) is 39.7 Å². The summed E-state index contributed by atoms with van der Waals surface area (Å²) >= 11 is 0. The number of hydrogen-bond donors (Lipinski definition) is 1. The molecule has 0 aromatic heterocycles. The van der Waals surface area contributed by atoms with Gasteiger partial charge in [0.25, 0.3) is 0 Å². The summed E-state index contributed by atoms with van der Waals surface area (Å²) in [4.78, 5) is 0. The Balaban J connectivity index is 0. The van der Waals surface area contributed by atoms with E-state index in [2.05, 4.69) is 31.3 Å². The molecule has 0 saturated heterocycles. The third-order valence-electron chi connectivity index (χ3n) is 6.06. The van der Waals surface area contributed by atoms with Crippen molar-refractivity contribution in [1.82, 2.24) is 5.32 Å². The predicted molar refractivity (Wildman–Crippen MR) is 145 cm³/mol. The minimum Gasteiger partial charge on any atom is -0.377 e. The second kappa shape index (κ2) is 25.7. The lowest BCUT2D eigenvalue weighted by Gasteiger charge is -2.24. The maximum atomic E-state index is 5.45. The molecule has 6 heteroatoms. The van der Waals surface area contributed by atoms with E-state index in [4.69, 9.17) is 13.3 Å². The Kier molecular flexibility index (Phi) is 27.5. The fraction of sp³-hybridized carbons (Fsp3) is 0.923. The smallest absolute Gasteiger partial charge is 0.377 e. The minimum absolute atomic E-state index is 0. The van der Waals surface area contributed by atoms with E-state index in [1.54, 1.807) is 21.3 Å². The molecule has 0 amide bonds. The van der Waals surface area contributed by atoms with Gasteiger partial charge in [0, 0.05) is 27.4 Å². The molecular formula is C26H56ClNO3Si. The molecule has 0 unspecified atom stereocenters. The lowest BCUT2D eigenvalue weighted by atomic mass is 10.0. The van der Waals surface area contributed by atoms with Crippen LogP contribution < -0.4 is 5.32 Å². The molecule has 32 heavy (non-hydrogen) atoms. The van der Waals surface area contributed by atoms with E-state index in [0.717, 1.165) is 31.5 Å². The number of hydrogen-bond acceptors (Lipinski definition) is 4. The molecule has 0 aliphatic carbocycles. The highest BCUT2D eigenvalue weighted by molar-refractivity contribution is 6.60. The van der Waals surface area contributed by atoms with Gasteiger partial charge in [-0.25, -0.2) is 0 Å². The molecule has 0 aromatic carbocycles. The van der Waals surface area contributed by atoms with Crippen LogP contribution in [-0.4, -0.2) is 43.2 Å². The van der Waals surface area contributed by atoms with Gasteiger partial charge in [-0.2, -0.15) is 0 Å². The first-order chi connectivity index (χ1) is 15.1. The first-order valence-electron chi connectivity index (χ1n) is 13.1. The van der Waals surface area contributed by atoms with Crippen molar-refractivity contribution in [1.29, 1.82) is 0 Å². The van der Waals surface area contributed by atoms with E-state index in [1.165, 1.54) is 89.9 Å². The van der Waals surface area contributed by atoms with Crippen LogP contribution in [0.15, 0.2) is 12.2 Å². The third kappa shape index (κ3) is 21.9. The molecule has 0 aliphatic rings. The summed E-state index contributed by atoms with van der Waals surface area (Å²) < 4.78 is 16.3. The quantitative estimate of drug-likeness (QED) is 0.0840. The Bertz CT molecular complexity index is 385. The van der Waals surface area contributed by atoms with Crippen molar-refractivity contribution in [3.05, 3.63) is 12.2 Å². The largest absolute Gasteiger partial charge is 0.500 e. The van der Waals surface area contributed by atoms with E-state index in [1.807, 2.05) is 0 Å². The fourth-order valence-corrected chi connectivity index (χ4v) is 5.63. The first-order valence-corrected chi connectivity index (χ1v) is 15.0. The van der Waals surface area contributed by atoms with Crippen LogP contribution in [0.1, 0.15) is 110 Å². The van der Waals surface area contributed by atoms with Crippen LogP contribution in [0.2, 0.25) is 6.04 Å². The van der Waals surface area contributed by atoms with Crippen LogP contribution in [-0.2, 0) is 13.3 Å². The molecule has 194 valence electrons. The van der Waals surface area contributed by atoms with Gasteiger partial charge in [0.2, 0.25) is 0 Å². The number of unbranched alkanes of at least 4 members (excludes halogenated alkanes) is 11. The van der Waals surface area contributed by atoms with Crippen LogP contribution in [0.25, 0.3) is 0 Å². The molecule has 0 aromatic rings. The van der Waals surface area contributed by atoms with E-state index < -0.39 is 8.80 Å². The van der Waals surface area contributed by atoms with Crippen LogP contribution in [0.5, 0.6) is 0 Å². The Morgan fingerprint density at radius 1 is 0.625 bits per heavy atom. The summed E-state index contributed by atoms with van der Waals surface area (Å²) in [5.74, 6) is 0.873. The van der Waals surface area contributed by atoms with E-state index >= 15 is 0 Å². The van der Waals surface area contributed by atoms with Gasteiger partial charge < -0.3 is 18.6 Å². The van der Waals surface area contributed by atoms with E-state index in [0.29, 0.717) is 0 Å². The van der Waals surface area contributed by atoms with Crippen molar-refractivity contribution in [2.24, 2.45) is 5.92 Å². The third-order valence-corrected chi connectivity index (χ3v) is 8.89. The van der Waals surface area contributed by atoms with Gasteiger partial charge in [0.1, 0.15) is 0 Å². The highest BCUT2D eigenvalue weighted by Gasteiger charge is 2.36. The average Bonchev–Trinajstić information content (AvgIpc) is 2.77. The molecule has 4 nitrogen and oxygen atoms in total. The molecule has 1 N–H and O–H groups in total. The Labute approximate surface area is 208 Å². The van der Waals surface area contributed by atoms with Crippen LogP contribution in [0.4, 0.5) is 0 Å². The van der Waals surface area contributed by atoms with Crippen LogP contribution in [0.3, 0.4) is 0 Å². The van der Waals surface area contributed by atoms with Gasteiger partial charge in [0.05, 0.1) is 0 Å². The first kappa shape index (κ1) is 34.3. The zero-order valence-electron chi connectivity index (χ0n) is 22.1. The van der Waals surface area contributed by atoms with Gasteiger partial charge in [0.15, 0.2) is 0 Å². The van der Waals surface area contributed by atoms with E-state index in [-0.39, 0.29) is 12.4 Å².